The predicted molar refractivity (Wildman–Crippen MR) is 88.0 cm³/mol. The van der Waals surface area contributed by atoms with E-state index in [1.807, 2.05) is 18.2 Å². The summed E-state index contributed by atoms with van der Waals surface area (Å²) in [6.45, 7) is 9.93. The first kappa shape index (κ1) is 15.3. The monoisotopic (exact) mass is 302 g/mol. The van der Waals surface area contributed by atoms with Crippen LogP contribution < -0.4 is 5.32 Å². The summed E-state index contributed by atoms with van der Waals surface area (Å²) in [6.07, 6.45) is 2.63. The van der Waals surface area contributed by atoms with Crippen LogP contribution in [-0.2, 0) is 10.3 Å². The van der Waals surface area contributed by atoms with E-state index in [0.29, 0.717) is 5.41 Å². The average Bonchev–Trinajstić information content (AvgIpc) is 2.46. The van der Waals surface area contributed by atoms with Crippen molar-refractivity contribution in [3.8, 4) is 0 Å². The number of ether oxygens (including phenoxy) is 1. The molecule has 0 aromatic heterocycles. The Kier molecular flexibility index (Phi) is 3.89. The SMILES string of the molecule is CC(C)(C)CCN1CCC2(CC1)OC(=O)Nc1ccccc12. The van der Waals surface area contributed by atoms with Crippen molar-refractivity contribution in [1.82, 2.24) is 4.90 Å². The van der Waals surface area contributed by atoms with Gasteiger partial charge in [0.2, 0.25) is 0 Å². The molecule has 1 N–H and O–H groups in total. The minimum absolute atomic E-state index is 0.318. The highest BCUT2D eigenvalue weighted by Crippen LogP contribution is 2.43. The molecule has 120 valence electrons. The summed E-state index contributed by atoms with van der Waals surface area (Å²) in [6, 6.07) is 8.02. The molecule has 1 saturated heterocycles. The molecule has 3 rings (SSSR count). The van der Waals surface area contributed by atoms with Gasteiger partial charge in [0.25, 0.3) is 0 Å². The molecule has 2 aliphatic heterocycles. The molecule has 0 saturated carbocycles. The van der Waals surface area contributed by atoms with Crippen molar-refractivity contribution < 1.29 is 9.53 Å². The maximum Gasteiger partial charge on any atom is 0.412 e. The second-order valence-corrected chi connectivity index (χ2v) is 7.71. The Morgan fingerprint density at radius 3 is 2.59 bits per heavy atom. The third-order valence-electron chi connectivity index (χ3n) is 4.78. The van der Waals surface area contributed by atoms with Gasteiger partial charge in [-0.3, -0.25) is 5.32 Å². The summed E-state index contributed by atoms with van der Waals surface area (Å²) in [5.74, 6) is 0. The summed E-state index contributed by atoms with van der Waals surface area (Å²) < 4.78 is 5.76. The highest BCUT2D eigenvalue weighted by atomic mass is 16.6. The molecule has 2 heterocycles. The molecule has 1 spiro atoms. The molecule has 0 radical (unpaired) electrons. The van der Waals surface area contributed by atoms with Gasteiger partial charge in [-0.05, 0) is 24.4 Å². The van der Waals surface area contributed by atoms with Gasteiger partial charge >= 0.3 is 6.09 Å². The Balaban J connectivity index is 1.71. The summed E-state index contributed by atoms with van der Waals surface area (Å²) in [7, 11) is 0. The number of carbonyl (C=O) groups excluding carboxylic acids is 1. The Labute approximate surface area is 132 Å². The second-order valence-electron chi connectivity index (χ2n) is 7.71. The number of hydrogen-bond acceptors (Lipinski definition) is 3. The summed E-state index contributed by atoms with van der Waals surface area (Å²) in [4.78, 5) is 14.4. The number of anilines is 1. The van der Waals surface area contributed by atoms with Crippen molar-refractivity contribution >= 4 is 11.8 Å². The van der Waals surface area contributed by atoms with Gasteiger partial charge in [-0.2, -0.15) is 0 Å². The van der Waals surface area contributed by atoms with Crippen LogP contribution in [0.1, 0.15) is 45.6 Å². The highest BCUT2D eigenvalue weighted by molar-refractivity contribution is 5.88. The number of nitrogens with one attached hydrogen (secondary N) is 1. The molecule has 0 bridgehead atoms. The molecule has 2 aliphatic rings. The van der Waals surface area contributed by atoms with Gasteiger partial charge in [0, 0.05) is 31.5 Å². The van der Waals surface area contributed by atoms with Crippen LogP contribution >= 0.6 is 0 Å². The number of amides is 1. The van der Waals surface area contributed by atoms with Crippen LogP contribution in [0.25, 0.3) is 0 Å². The van der Waals surface area contributed by atoms with Crippen LogP contribution in [0.2, 0.25) is 0 Å². The number of rotatable bonds is 2. The molecule has 4 nitrogen and oxygen atoms in total. The number of benzene rings is 1. The van der Waals surface area contributed by atoms with Gasteiger partial charge in [0.05, 0.1) is 5.69 Å². The fraction of sp³-hybridized carbons (Fsp3) is 0.611. The molecule has 22 heavy (non-hydrogen) atoms. The fourth-order valence-electron chi connectivity index (χ4n) is 3.36. The molecular formula is C18H26N2O2. The Morgan fingerprint density at radius 2 is 1.91 bits per heavy atom. The zero-order chi connectivity index (χ0) is 15.8. The van der Waals surface area contributed by atoms with Crippen molar-refractivity contribution in [3.05, 3.63) is 29.8 Å². The lowest BCUT2D eigenvalue weighted by atomic mass is 9.82. The lowest BCUT2D eigenvalue weighted by molar-refractivity contribution is -0.0390. The standard InChI is InChI=1S/C18H26N2O2/c1-17(2,3)8-11-20-12-9-18(10-13-20)14-6-4-5-7-15(14)19-16(21)22-18/h4-7H,8-13H2,1-3H3,(H,19,21). The van der Waals surface area contributed by atoms with Crippen molar-refractivity contribution in [3.63, 3.8) is 0 Å². The molecule has 0 atom stereocenters. The van der Waals surface area contributed by atoms with Gasteiger partial charge in [-0.25, -0.2) is 4.79 Å². The first-order chi connectivity index (χ1) is 10.4. The van der Waals surface area contributed by atoms with E-state index in [1.54, 1.807) is 0 Å². The first-order valence-electron chi connectivity index (χ1n) is 8.20. The summed E-state index contributed by atoms with van der Waals surface area (Å²) in [5, 5.41) is 2.81. The van der Waals surface area contributed by atoms with Gasteiger partial charge in [0.1, 0.15) is 5.60 Å². The third kappa shape index (κ3) is 3.12. The van der Waals surface area contributed by atoms with E-state index in [2.05, 4.69) is 37.1 Å². The van der Waals surface area contributed by atoms with E-state index in [-0.39, 0.29) is 6.09 Å². The number of para-hydroxylation sites is 1. The zero-order valence-corrected chi connectivity index (χ0v) is 13.8. The normalized spacial score (nSPS) is 21.1. The minimum atomic E-state index is -0.433. The van der Waals surface area contributed by atoms with Crippen molar-refractivity contribution in [2.45, 2.75) is 45.6 Å². The van der Waals surface area contributed by atoms with Gasteiger partial charge < -0.3 is 9.64 Å². The number of piperidine rings is 1. The quantitative estimate of drug-likeness (QED) is 0.898. The van der Waals surface area contributed by atoms with E-state index in [1.165, 1.54) is 6.42 Å². The largest absolute Gasteiger partial charge is 0.438 e. The third-order valence-corrected chi connectivity index (χ3v) is 4.78. The van der Waals surface area contributed by atoms with Gasteiger partial charge in [-0.15, -0.1) is 0 Å². The summed E-state index contributed by atoms with van der Waals surface area (Å²) in [5.41, 5.74) is 1.96. The molecule has 1 fully saturated rings. The number of carbonyl (C=O) groups is 1. The Bertz CT molecular complexity index is 554. The van der Waals surface area contributed by atoms with Crippen LogP contribution in [0.5, 0.6) is 0 Å². The lowest BCUT2D eigenvalue weighted by Gasteiger charge is -2.44. The molecule has 1 aromatic carbocycles. The highest BCUT2D eigenvalue weighted by Gasteiger charge is 2.44. The molecule has 1 amide bonds. The molecular weight excluding hydrogens is 276 g/mol. The smallest absolute Gasteiger partial charge is 0.412 e. The van der Waals surface area contributed by atoms with Crippen molar-refractivity contribution in [2.75, 3.05) is 25.0 Å². The number of likely N-dealkylation sites (tertiary alicyclic amines) is 1. The Hall–Kier alpha value is -1.55. The van der Waals surface area contributed by atoms with Crippen LogP contribution in [0.3, 0.4) is 0 Å². The van der Waals surface area contributed by atoms with E-state index < -0.39 is 5.60 Å². The van der Waals surface area contributed by atoms with Crippen molar-refractivity contribution in [2.24, 2.45) is 5.41 Å². The van der Waals surface area contributed by atoms with E-state index in [9.17, 15) is 4.79 Å². The van der Waals surface area contributed by atoms with Crippen LogP contribution in [0, 0.1) is 5.41 Å². The number of hydrogen-bond donors (Lipinski definition) is 1. The van der Waals surface area contributed by atoms with Gasteiger partial charge in [0.15, 0.2) is 0 Å². The maximum absolute atomic E-state index is 11.9. The fourth-order valence-corrected chi connectivity index (χ4v) is 3.36. The maximum atomic E-state index is 11.9. The molecule has 0 aliphatic carbocycles. The van der Waals surface area contributed by atoms with Crippen LogP contribution in [0.4, 0.5) is 10.5 Å². The van der Waals surface area contributed by atoms with Crippen LogP contribution in [0.15, 0.2) is 24.3 Å². The van der Waals surface area contributed by atoms with E-state index >= 15 is 0 Å². The lowest BCUT2D eigenvalue weighted by Crippen LogP contribution is -2.48. The number of fused-ring (bicyclic) bond motifs is 2. The molecule has 0 unspecified atom stereocenters. The molecule has 4 heteroatoms. The van der Waals surface area contributed by atoms with E-state index in [0.717, 1.165) is 43.7 Å². The summed E-state index contributed by atoms with van der Waals surface area (Å²) >= 11 is 0. The first-order valence-corrected chi connectivity index (χ1v) is 8.20. The average molecular weight is 302 g/mol. The molecule has 1 aromatic rings. The van der Waals surface area contributed by atoms with Crippen molar-refractivity contribution in [1.29, 1.82) is 0 Å². The zero-order valence-electron chi connectivity index (χ0n) is 13.8. The Morgan fingerprint density at radius 1 is 1.23 bits per heavy atom. The topological polar surface area (TPSA) is 41.6 Å². The minimum Gasteiger partial charge on any atom is -0.438 e. The number of nitrogens with zero attached hydrogens (tertiary/aromatic N) is 1. The van der Waals surface area contributed by atoms with E-state index in [4.69, 9.17) is 4.74 Å². The van der Waals surface area contributed by atoms with Gasteiger partial charge in [-0.1, -0.05) is 39.0 Å². The second kappa shape index (κ2) is 5.58. The predicted octanol–water partition coefficient (Wildman–Crippen LogP) is 3.98. The van der Waals surface area contributed by atoms with Crippen LogP contribution in [-0.4, -0.2) is 30.6 Å².